The minimum atomic E-state index is 0.276. The van der Waals surface area contributed by atoms with E-state index in [9.17, 15) is 0 Å². The molecule has 0 aliphatic carbocycles. The van der Waals surface area contributed by atoms with Crippen LogP contribution in [-0.4, -0.2) is 35.6 Å². The van der Waals surface area contributed by atoms with Gasteiger partial charge in [-0.3, -0.25) is 0 Å². The first kappa shape index (κ1) is 12.3. The molecule has 1 aliphatic heterocycles. The number of ether oxygens (including phenoxy) is 1. The van der Waals surface area contributed by atoms with Crippen LogP contribution in [0.4, 0.5) is 5.13 Å². The third-order valence-electron chi connectivity index (χ3n) is 2.67. The highest BCUT2D eigenvalue weighted by molar-refractivity contribution is 9.09. The van der Waals surface area contributed by atoms with E-state index in [2.05, 4.69) is 45.0 Å². The van der Waals surface area contributed by atoms with Crippen LogP contribution in [0.1, 0.15) is 19.5 Å². The molecule has 16 heavy (non-hydrogen) atoms. The van der Waals surface area contributed by atoms with Gasteiger partial charge in [0.1, 0.15) is 0 Å². The Morgan fingerprint density at radius 1 is 1.62 bits per heavy atom. The Hall–Kier alpha value is -0.130. The summed E-state index contributed by atoms with van der Waals surface area (Å²) in [5.41, 5.74) is 1.19. The van der Waals surface area contributed by atoms with Crippen LogP contribution in [-0.2, 0) is 11.2 Å². The molecule has 2 unspecified atom stereocenters. The van der Waals surface area contributed by atoms with Crippen molar-refractivity contribution >= 4 is 32.4 Å². The smallest absolute Gasteiger partial charge is 0.185 e. The van der Waals surface area contributed by atoms with Crippen LogP contribution in [0.2, 0.25) is 0 Å². The number of anilines is 1. The second-order valence-electron chi connectivity index (χ2n) is 4.10. The van der Waals surface area contributed by atoms with Gasteiger partial charge in [0.25, 0.3) is 0 Å². The SMILES string of the molecule is CCc1csc(N2CC(C)OC(CBr)C2)n1. The van der Waals surface area contributed by atoms with Crippen molar-refractivity contribution in [2.24, 2.45) is 0 Å². The molecule has 2 heterocycles. The van der Waals surface area contributed by atoms with Gasteiger partial charge in [-0.2, -0.15) is 0 Å². The topological polar surface area (TPSA) is 25.4 Å². The van der Waals surface area contributed by atoms with Crippen molar-refractivity contribution in [3.05, 3.63) is 11.1 Å². The van der Waals surface area contributed by atoms with Crippen molar-refractivity contribution in [3.63, 3.8) is 0 Å². The van der Waals surface area contributed by atoms with Crippen molar-refractivity contribution in [2.45, 2.75) is 32.5 Å². The largest absolute Gasteiger partial charge is 0.371 e. The van der Waals surface area contributed by atoms with Crippen LogP contribution >= 0.6 is 27.3 Å². The van der Waals surface area contributed by atoms with Gasteiger partial charge in [-0.15, -0.1) is 11.3 Å². The molecule has 3 nitrogen and oxygen atoms in total. The van der Waals surface area contributed by atoms with E-state index in [1.165, 1.54) is 5.69 Å². The lowest BCUT2D eigenvalue weighted by atomic mass is 10.2. The quantitative estimate of drug-likeness (QED) is 0.803. The number of morpholine rings is 1. The van der Waals surface area contributed by atoms with Crippen LogP contribution < -0.4 is 4.90 Å². The molecule has 0 radical (unpaired) electrons. The molecule has 1 aromatic rings. The van der Waals surface area contributed by atoms with Crippen molar-refractivity contribution < 1.29 is 4.74 Å². The number of aromatic nitrogens is 1. The maximum atomic E-state index is 5.81. The molecule has 90 valence electrons. The molecular formula is C11H17BrN2OS. The lowest BCUT2D eigenvalue weighted by molar-refractivity contribution is -0.00200. The number of alkyl halides is 1. The van der Waals surface area contributed by atoms with Gasteiger partial charge in [0.15, 0.2) is 5.13 Å². The molecule has 2 atom stereocenters. The summed E-state index contributed by atoms with van der Waals surface area (Å²) in [6.07, 6.45) is 1.57. The van der Waals surface area contributed by atoms with Crippen LogP contribution in [0, 0.1) is 0 Å². The molecule has 5 heteroatoms. The third-order valence-corrected chi connectivity index (χ3v) is 4.34. The molecule has 1 aliphatic rings. The number of thiazole rings is 1. The normalized spacial score (nSPS) is 26.1. The number of nitrogens with zero attached hydrogens (tertiary/aromatic N) is 2. The van der Waals surface area contributed by atoms with E-state index in [1.807, 2.05) is 0 Å². The maximum absolute atomic E-state index is 5.81. The van der Waals surface area contributed by atoms with Gasteiger partial charge in [-0.05, 0) is 13.3 Å². The highest BCUT2D eigenvalue weighted by atomic mass is 79.9. The van der Waals surface area contributed by atoms with Crippen molar-refractivity contribution in [3.8, 4) is 0 Å². The summed E-state index contributed by atoms with van der Waals surface area (Å²) in [5.74, 6) is 0. The summed E-state index contributed by atoms with van der Waals surface area (Å²) in [4.78, 5) is 6.97. The average molecular weight is 305 g/mol. The van der Waals surface area contributed by atoms with Gasteiger partial charge in [0.2, 0.25) is 0 Å². The number of hydrogen-bond donors (Lipinski definition) is 0. The molecule has 2 rings (SSSR count). The molecule has 0 spiro atoms. The van der Waals surface area contributed by atoms with E-state index in [1.54, 1.807) is 11.3 Å². The molecule has 0 bridgehead atoms. The van der Waals surface area contributed by atoms with E-state index >= 15 is 0 Å². The predicted molar refractivity (Wildman–Crippen MR) is 71.8 cm³/mol. The minimum absolute atomic E-state index is 0.276. The lowest BCUT2D eigenvalue weighted by Crippen LogP contribution is -2.47. The summed E-state index contributed by atoms with van der Waals surface area (Å²) in [6, 6.07) is 0. The zero-order chi connectivity index (χ0) is 11.5. The van der Waals surface area contributed by atoms with Crippen molar-refractivity contribution in [1.29, 1.82) is 0 Å². The first-order valence-electron chi connectivity index (χ1n) is 5.63. The van der Waals surface area contributed by atoms with Crippen LogP contribution in [0.5, 0.6) is 0 Å². The number of rotatable bonds is 3. The monoisotopic (exact) mass is 304 g/mol. The summed E-state index contributed by atoms with van der Waals surface area (Å²) >= 11 is 5.23. The molecule has 1 aromatic heterocycles. The second-order valence-corrected chi connectivity index (χ2v) is 5.59. The summed E-state index contributed by atoms with van der Waals surface area (Å²) < 4.78 is 5.81. The Kier molecular flexibility index (Phi) is 4.21. The van der Waals surface area contributed by atoms with Crippen LogP contribution in [0.25, 0.3) is 0 Å². The fraction of sp³-hybridized carbons (Fsp3) is 0.727. The summed E-state index contributed by atoms with van der Waals surface area (Å²) in [5, 5.41) is 4.18. The first-order valence-corrected chi connectivity index (χ1v) is 7.63. The number of aryl methyl sites for hydroxylation is 1. The third kappa shape index (κ3) is 2.76. The fourth-order valence-electron chi connectivity index (χ4n) is 1.89. The van der Waals surface area contributed by atoms with E-state index in [-0.39, 0.29) is 12.2 Å². The summed E-state index contributed by atoms with van der Waals surface area (Å²) in [7, 11) is 0. The Labute approximate surface area is 109 Å². The molecule has 1 saturated heterocycles. The predicted octanol–water partition coefficient (Wildman–Crippen LogP) is 2.69. The van der Waals surface area contributed by atoms with E-state index in [4.69, 9.17) is 4.74 Å². The van der Waals surface area contributed by atoms with Crippen molar-refractivity contribution in [2.75, 3.05) is 23.3 Å². The van der Waals surface area contributed by atoms with Crippen molar-refractivity contribution in [1.82, 2.24) is 4.98 Å². The standard InChI is InChI=1S/C11H17BrN2OS/c1-3-9-7-16-11(13-9)14-5-8(2)15-10(4-12)6-14/h7-8,10H,3-6H2,1-2H3. The first-order chi connectivity index (χ1) is 7.72. The lowest BCUT2D eigenvalue weighted by Gasteiger charge is -2.35. The Bertz CT molecular complexity index is 344. The van der Waals surface area contributed by atoms with E-state index in [0.717, 1.165) is 30.0 Å². The molecule has 1 fully saturated rings. The van der Waals surface area contributed by atoms with E-state index in [0.29, 0.717) is 0 Å². The molecular weight excluding hydrogens is 288 g/mol. The number of hydrogen-bond acceptors (Lipinski definition) is 4. The zero-order valence-corrected chi connectivity index (χ0v) is 12.1. The Morgan fingerprint density at radius 3 is 3.06 bits per heavy atom. The highest BCUT2D eigenvalue weighted by Gasteiger charge is 2.26. The summed E-state index contributed by atoms with van der Waals surface area (Å²) in [6.45, 7) is 6.14. The second kappa shape index (κ2) is 5.47. The molecule has 0 amide bonds. The fourth-order valence-corrected chi connectivity index (χ4v) is 3.18. The minimum Gasteiger partial charge on any atom is -0.371 e. The number of halogens is 1. The Morgan fingerprint density at radius 2 is 2.44 bits per heavy atom. The average Bonchev–Trinajstić information content (AvgIpc) is 2.76. The van der Waals surface area contributed by atoms with Gasteiger partial charge in [0.05, 0.1) is 17.9 Å². The van der Waals surface area contributed by atoms with E-state index < -0.39 is 0 Å². The van der Waals surface area contributed by atoms with Gasteiger partial charge in [0, 0.05) is 23.8 Å². The molecule has 0 aromatic carbocycles. The molecule has 0 saturated carbocycles. The van der Waals surface area contributed by atoms with Gasteiger partial charge < -0.3 is 9.64 Å². The van der Waals surface area contributed by atoms with Crippen LogP contribution in [0.3, 0.4) is 0 Å². The zero-order valence-electron chi connectivity index (χ0n) is 9.65. The van der Waals surface area contributed by atoms with Crippen LogP contribution in [0.15, 0.2) is 5.38 Å². The Balaban J connectivity index is 2.07. The maximum Gasteiger partial charge on any atom is 0.185 e. The van der Waals surface area contributed by atoms with Gasteiger partial charge in [-0.25, -0.2) is 4.98 Å². The van der Waals surface area contributed by atoms with Gasteiger partial charge >= 0.3 is 0 Å². The molecule has 0 N–H and O–H groups in total. The highest BCUT2D eigenvalue weighted by Crippen LogP contribution is 2.25. The van der Waals surface area contributed by atoms with Gasteiger partial charge in [-0.1, -0.05) is 22.9 Å².